The van der Waals surface area contributed by atoms with E-state index < -0.39 is 0 Å². The largest absolute Gasteiger partial charge is 0.299 e. The van der Waals surface area contributed by atoms with Gasteiger partial charge in [0.15, 0.2) is 0 Å². The molecule has 0 aliphatic heterocycles. The smallest absolute Gasteiger partial charge is 0.136 e. The van der Waals surface area contributed by atoms with Crippen LogP contribution in [0.25, 0.3) is 0 Å². The van der Waals surface area contributed by atoms with Crippen LogP contribution in [0.3, 0.4) is 0 Å². The molecule has 1 aromatic heterocycles. The molecule has 1 aliphatic carbocycles. The van der Waals surface area contributed by atoms with Crippen molar-refractivity contribution in [2.24, 2.45) is 5.92 Å². The minimum Gasteiger partial charge on any atom is -0.299 e. The molecule has 0 radical (unpaired) electrons. The standard InChI is InChI=1S/C19H21NO/c21-19-9-8-17(16-4-2-1-3-5-16)14-18(19)7-6-15-10-12-20-13-11-15/h1-5,10-13,17-18H,6-9,14H2. The Labute approximate surface area is 126 Å². The first-order valence-corrected chi connectivity index (χ1v) is 7.79. The lowest BCUT2D eigenvalue weighted by Crippen LogP contribution is -2.24. The highest BCUT2D eigenvalue weighted by atomic mass is 16.1. The number of pyridine rings is 1. The summed E-state index contributed by atoms with van der Waals surface area (Å²) in [6.07, 6.45) is 8.34. The predicted molar refractivity (Wildman–Crippen MR) is 84.1 cm³/mol. The molecule has 2 aromatic rings. The third-order valence-electron chi connectivity index (χ3n) is 4.57. The van der Waals surface area contributed by atoms with Gasteiger partial charge in [-0.2, -0.15) is 0 Å². The third kappa shape index (κ3) is 3.57. The van der Waals surface area contributed by atoms with Gasteiger partial charge in [-0.05, 0) is 54.9 Å². The van der Waals surface area contributed by atoms with E-state index in [2.05, 4.69) is 35.3 Å². The Bertz CT molecular complexity index is 579. The van der Waals surface area contributed by atoms with Crippen LogP contribution < -0.4 is 0 Å². The van der Waals surface area contributed by atoms with Crippen LogP contribution in [-0.4, -0.2) is 10.8 Å². The van der Waals surface area contributed by atoms with Crippen molar-refractivity contribution in [3.05, 3.63) is 66.0 Å². The van der Waals surface area contributed by atoms with Crippen LogP contribution in [-0.2, 0) is 11.2 Å². The number of benzene rings is 1. The number of rotatable bonds is 4. The molecule has 1 saturated carbocycles. The summed E-state index contributed by atoms with van der Waals surface area (Å²) in [5.41, 5.74) is 2.67. The fourth-order valence-electron chi connectivity index (χ4n) is 3.31. The lowest BCUT2D eigenvalue weighted by Gasteiger charge is -2.28. The van der Waals surface area contributed by atoms with Crippen LogP contribution in [0.1, 0.15) is 42.7 Å². The van der Waals surface area contributed by atoms with Crippen molar-refractivity contribution in [2.45, 2.75) is 38.0 Å². The minimum atomic E-state index is 0.220. The van der Waals surface area contributed by atoms with Gasteiger partial charge in [-0.25, -0.2) is 0 Å². The van der Waals surface area contributed by atoms with Crippen molar-refractivity contribution >= 4 is 5.78 Å². The van der Waals surface area contributed by atoms with Gasteiger partial charge in [0.2, 0.25) is 0 Å². The Morgan fingerprint density at radius 2 is 1.81 bits per heavy atom. The van der Waals surface area contributed by atoms with Gasteiger partial charge in [0.25, 0.3) is 0 Å². The molecule has 1 aromatic carbocycles. The Kier molecular flexibility index (Phi) is 4.44. The summed E-state index contributed by atoms with van der Waals surface area (Å²) in [6, 6.07) is 14.7. The van der Waals surface area contributed by atoms with E-state index in [0.717, 1.165) is 32.1 Å². The van der Waals surface area contributed by atoms with E-state index in [1.165, 1.54) is 11.1 Å². The first kappa shape index (κ1) is 14.0. The van der Waals surface area contributed by atoms with Crippen molar-refractivity contribution in [3.8, 4) is 0 Å². The zero-order valence-electron chi connectivity index (χ0n) is 12.2. The number of aromatic nitrogens is 1. The highest BCUT2D eigenvalue weighted by molar-refractivity contribution is 5.82. The molecule has 2 unspecified atom stereocenters. The molecule has 0 bridgehead atoms. The lowest BCUT2D eigenvalue weighted by atomic mass is 9.75. The average Bonchev–Trinajstić information content (AvgIpc) is 2.56. The first-order valence-electron chi connectivity index (χ1n) is 7.79. The second-order valence-electron chi connectivity index (χ2n) is 5.94. The summed E-state index contributed by atoms with van der Waals surface area (Å²) >= 11 is 0. The first-order chi connectivity index (χ1) is 10.3. The van der Waals surface area contributed by atoms with Gasteiger partial charge >= 0.3 is 0 Å². The number of aryl methyl sites for hydroxylation is 1. The molecular formula is C19H21NO. The Morgan fingerprint density at radius 1 is 1.05 bits per heavy atom. The number of carbonyl (C=O) groups is 1. The van der Waals surface area contributed by atoms with Crippen LogP contribution in [0.5, 0.6) is 0 Å². The summed E-state index contributed by atoms with van der Waals surface area (Å²) in [6.45, 7) is 0. The van der Waals surface area contributed by atoms with E-state index in [4.69, 9.17) is 0 Å². The van der Waals surface area contributed by atoms with Crippen molar-refractivity contribution < 1.29 is 4.79 Å². The van der Waals surface area contributed by atoms with Gasteiger partial charge in [0, 0.05) is 24.7 Å². The van der Waals surface area contributed by atoms with Gasteiger partial charge in [-0.15, -0.1) is 0 Å². The van der Waals surface area contributed by atoms with Gasteiger partial charge in [-0.3, -0.25) is 9.78 Å². The topological polar surface area (TPSA) is 30.0 Å². The van der Waals surface area contributed by atoms with Crippen molar-refractivity contribution in [2.75, 3.05) is 0 Å². The zero-order chi connectivity index (χ0) is 14.5. The number of Topliss-reactive ketones (excluding diaryl/α,β-unsaturated/α-hetero) is 1. The van der Waals surface area contributed by atoms with E-state index >= 15 is 0 Å². The van der Waals surface area contributed by atoms with E-state index in [0.29, 0.717) is 11.7 Å². The number of ketones is 1. The molecule has 0 N–H and O–H groups in total. The minimum absolute atomic E-state index is 0.220. The maximum absolute atomic E-state index is 12.2. The van der Waals surface area contributed by atoms with E-state index in [9.17, 15) is 4.79 Å². The molecule has 108 valence electrons. The molecule has 2 atom stereocenters. The monoisotopic (exact) mass is 279 g/mol. The fourth-order valence-corrected chi connectivity index (χ4v) is 3.31. The van der Waals surface area contributed by atoms with Crippen LogP contribution >= 0.6 is 0 Å². The number of hydrogen-bond acceptors (Lipinski definition) is 2. The molecule has 1 fully saturated rings. The van der Waals surface area contributed by atoms with Gasteiger partial charge in [-0.1, -0.05) is 30.3 Å². The second-order valence-corrected chi connectivity index (χ2v) is 5.94. The van der Waals surface area contributed by atoms with E-state index in [1.54, 1.807) is 0 Å². The molecule has 21 heavy (non-hydrogen) atoms. The molecule has 3 rings (SSSR count). The van der Waals surface area contributed by atoms with Crippen LogP contribution in [0.15, 0.2) is 54.9 Å². The SMILES string of the molecule is O=C1CCC(c2ccccc2)CC1CCc1ccncc1. The highest BCUT2D eigenvalue weighted by Crippen LogP contribution is 2.36. The average molecular weight is 279 g/mol. The van der Waals surface area contributed by atoms with Crippen LogP contribution in [0.2, 0.25) is 0 Å². The Hall–Kier alpha value is -1.96. The number of hydrogen-bond donors (Lipinski definition) is 0. The molecule has 1 aliphatic rings. The lowest BCUT2D eigenvalue weighted by molar-refractivity contribution is -0.125. The van der Waals surface area contributed by atoms with Crippen molar-refractivity contribution in [3.63, 3.8) is 0 Å². The normalized spacial score (nSPS) is 22.2. The van der Waals surface area contributed by atoms with Gasteiger partial charge in [0.1, 0.15) is 5.78 Å². The molecular weight excluding hydrogens is 258 g/mol. The highest BCUT2D eigenvalue weighted by Gasteiger charge is 2.29. The molecule has 0 amide bonds. The second kappa shape index (κ2) is 6.66. The molecule has 1 heterocycles. The maximum Gasteiger partial charge on any atom is 0.136 e. The summed E-state index contributed by atoms with van der Waals surface area (Å²) in [5, 5.41) is 0. The number of carbonyl (C=O) groups excluding carboxylic acids is 1. The third-order valence-corrected chi connectivity index (χ3v) is 4.57. The van der Waals surface area contributed by atoms with Crippen LogP contribution in [0, 0.1) is 5.92 Å². The predicted octanol–water partition coefficient (Wildman–Crippen LogP) is 4.17. The molecule has 0 spiro atoms. The van der Waals surface area contributed by atoms with Crippen molar-refractivity contribution in [1.29, 1.82) is 0 Å². The van der Waals surface area contributed by atoms with E-state index in [1.807, 2.05) is 24.5 Å². The van der Waals surface area contributed by atoms with Gasteiger partial charge < -0.3 is 0 Å². The molecule has 0 saturated heterocycles. The zero-order valence-corrected chi connectivity index (χ0v) is 12.2. The molecule has 2 nitrogen and oxygen atoms in total. The van der Waals surface area contributed by atoms with Crippen molar-refractivity contribution in [1.82, 2.24) is 4.98 Å². The number of nitrogens with zero attached hydrogens (tertiary/aromatic N) is 1. The summed E-state index contributed by atoms with van der Waals surface area (Å²) < 4.78 is 0. The Morgan fingerprint density at radius 3 is 2.57 bits per heavy atom. The van der Waals surface area contributed by atoms with E-state index in [-0.39, 0.29) is 5.92 Å². The Balaban J connectivity index is 1.63. The maximum atomic E-state index is 12.2. The fraction of sp³-hybridized carbons (Fsp3) is 0.368. The summed E-state index contributed by atoms with van der Waals surface area (Å²) in [4.78, 5) is 16.2. The summed E-state index contributed by atoms with van der Waals surface area (Å²) in [5.74, 6) is 1.22. The summed E-state index contributed by atoms with van der Waals surface area (Å²) in [7, 11) is 0. The molecule has 2 heteroatoms. The van der Waals surface area contributed by atoms with Crippen LogP contribution in [0.4, 0.5) is 0 Å². The quantitative estimate of drug-likeness (QED) is 0.841. The van der Waals surface area contributed by atoms with Gasteiger partial charge in [0.05, 0.1) is 0 Å².